The van der Waals surface area contributed by atoms with Gasteiger partial charge in [-0.05, 0) is 53.2 Å². The number of nitrogens with zero attached hydrogens (tertiary/aromatic N) is 1. The van der Waals surface area contributed by atoms with Crippen LogP contribution in [-0.2, 0) is 21.5 Å². The monoisotopic (exact) mass is 411 g/mol. The van der Waals surface area contributed by atoms with E-state index in [0.717, 1.165) is 30.6 Å². The molecule has 0 spiro atoms. The van der Waals surface area contributed by atoms with Crippen molar-refractivity contribution in [2.45, 2.75) is 51.7 Å². The van der Waals surface area contributed by atoms with Gasteiger partial charge in [0.2, 0.25) is 5.91 Å². The Morgan fingerprint density at radius 2 is 1.83 bits per heavy atom. The molecule has 1 amide bonds. The first-order valence-electron chi connectivity index (χ1n) is 10.2. The molecule has 1 fully saturated rings. The van der Waals surface area contributed by atoms with Crippen LogP contribution in [0.1, 0.15) is 50.3 Å². The summed E-state index contributed by atoms with van der Waals surface area (Å²) in [7, 11) is 0. The molecular formula is C25H30ClNO2. The fourth-order valence-electron chi connectivity index (χ4n) is 3.44. The van der Waals surface area contributed by atoms with Gasteiger partial charge in [0.25, 0.3) is 0 Å². The van der Waals surface area contributed by atoms with Crippen molar-refractivity contribution < 1.29 is 9.53 Å². The number of benzene rings is 2. The Balaban J connectivity index is 1.70. The highest BCUT2D eigenvalue weighted by Gasteiger charge is 2.21. The van der Waals surface area contributed by atoms with Gasteiger partial charge in [0, 0.05) is 30.8 Å². The van der Waals surface area contributed by atoms with Crippen LogP contribution in [0.25, 0.3) is 6.08 Å². The Hall–Kier alpha value is -2.10. The molecule has 154 valence electrons. The van der Waals surface area contributed by atoms with Gasteiger partial charge in [0.15, 0.2) is 0 Å². The Labute approximate surface area is 179 Å². The molecule has 1 aliphatic rings. The van der Waals surface area contributed by atoms with Crippen molar-refractivity contribution in [3.05, 3.63) is 76.3 Å². The lowest BCUT2D eigenvalue weighted by Crippen LogP contribution is -2.35. The molecule has 0 saturated carbocycles. The Morgan fingerprint density at radius 3 is 2.41 bits per heavy atom. The highest BCUT2D eigenvalue weighted by atomic mass is 35.5. The van der Waals surface area contributed by atoms with Gasteiger partial charge >= 0.3 is 0 Å². The van der Waals surface area contributed by atoms with Crippen LogP contribution in [0.2, 0.25) is 5.02 Å². The standard InChI is InChI=1S/C25H30ClNO2/c1-25(2,3)21-11-6-19(7-12-21)10-15-24(28)27(18-23-5-4-16-29-23)17-20-8-13-22(26)14-9-20/h6-15,23H,4-5,16-18H2,1-3H3/b15-10+. The predicted octanol–water partition coefficient (Wildman–Crippen LogP) is 5.86. The highest BCUT2D eigenvalue weighted by molar-refractivity contribution is 6.30. The molecule has 0 radical (unpaired) electrons. The van der Waals surface area contributed by atoms with Crippen molar-refractivity contribution in [3.63, 3.8) is 0 Å². The lowest BCUT2D eigenvalue weighted by molar-refractivity contribution is -0.128. The van der Waals surface area contributed by atoms with Crippen LogP contribution in [0.15, 0.2) is 54.6 Å². The van der Waals surface area contributed by atoms with Crippen LogP contribution < -0.4 is 0 Å². The summed E-state index contributed by atoms with van der Waals surface area (Å²) in [6.07, 6.45) is 5.73. The minimum Gasteiger partial charge on any atom is -0.376 e. The third kappa shape index (κ3) is 6.45. The van der Waals surface area contributed by atoms with E-state index in [1.165, 1.54) is 5.56 Å². The first-order chi connectivity index (χ1) is 13.8. The van der Waals surface area contributed by atoms with Crippen LogP contribution in [-0.4, -0.2) is 30.1 Å². The van der Waals surface area contributed by atoms with Crippen LogP contribution >= 0.6 is 11.6 Å². The average Bonchev–Trinajstić information content (AvgIpc) is 3.20. The fourth-order valence-corrected chi connectivity index (χ4v) is 3.57. The van der Waals surface area contributed by atoms with Gasteiger partial charge in [-0.2, -0.15) is 0 Å². The maximum atomic E-state index is 13.0. The number of amides is 1. The van der Waals surface area contributed by atoms with E-state index in [2.05, 4.69) is 45.0 Å². The van der Waals surface area contributed by atoms with Gasteiger partial charge in [-0.1, -0.05) is 68.8 Å². The second kappa shape index (κ2) is 9.60. The van der Waals surface area contributed by atoms with Gasteiger partial charge in [-0.3, -0.25) is 4.79 Å². The third-order valence-corrected chi connectivity index (χ3v) is 5.49. The summed E-state index contributed by atoms with van der Waals surface area (Å²) in [5, 5.41) is 0.698. The molecule has 0 aromatic heterocycles. The zero-order valence-electron chi connectivity index (χ0n) is 17.5. The van der Waals surface area contributed by atoms with Crippen LogP contribution in [0.3, 0.4) is 0 Å². The lowest BCUT2D eigenvalue weighted by atomic mass is 9.87. The van der Waals surface area contributed by atoms with Crippen molar-refractivity contribution in [2.75, 3.05) is 13.2 Å². The van der Waals surface area contributed by atoms with Gasteiger partial charge in [0.1, 0.15) is 0 Å². The number of hydrogen-bond acceptors (Lipinski definition) is 2. The molecule has 0 N–H and O–H groups in total. The number of carbonyl (C=O) groups excluding carboxylic acids is 1. The van der Waals surface area contributed by atoms with Gasteiger partial charge in [-0.15, -0.1) is 0 Å². The minimum atomic E-state index is -0.00431. The summed E-state index contributed by atoms with van der Waals surface area (Å²) in [6.45, 7) is 8.52. The molecule has 1 heterocycles. The Kier molecular flexibility index (Phi) is 7.15. The van der Waals surface area contributed by atoms with Crippen molar-refractivity contribution in [2.24, 2.45) is 0 Å². The zero-order valence-corrected chi connectivity index (χ0v) is 18.3. The molecule has 2 aromatic rings. The largest absolute Gasteiger partial charge is 0.376 e. The van der Waals surface area contributed by atoms with E-state index in [0.29, 0.717) is 18.1 Å². The molecule has 1 unspecified atom stereocenters. The van der Waals surface area contributed by atoms with E-state index in [1.807, 2.05) is 35.2 Å². The smallest absolute Gasteiger partial charge is 0.246 e. The number of halogens is 1. The molecular weight excluding hydrogens is 382 g/mol. The maximum Gasteiger partial charge on any atom is 0.246 e. The summed E-state index contributed by atoms with van der Waals surface area (Å²) >= 11 is 5.99. The van der Waals surface area contributed by atoms with Crippen molar-refractivity contribution >= 4 is 23.6 Å². The Bertz CT molecular complexity index is 829. The van der Waals surface area contributed by atoms with Crippen LogP contribution in [0.5, 0.6) is 0 Å². The van der Waals surface area contributed by atoms with Gasteiger partial charge < -0.3 is 9.64 Å². The first-order valence-corrected chi connectivity index (χ1v) is 10.6. The van der Waals surface area contributed by atoms with Crippen LogP contribution in [0, 0.1) is 0 Å². The normalized spacial score (nSPS) is 17.0. The van der Waals surface area contributed by atoms with Gasteiger partial charge in [-0.25, -0.2) is 0 Å². The quantitative estimate of drug-likeness (QED) is 0.557. The van der Waals surface area contributed by atoms with Crippen molar-refractivity contribution in [1.29, 1.82) is 0 Å². The molecule has 29 heavy (non-hydrogen) atoms. The van der Waals surface area contributed by atoms with E-state index >= 15 is 0 Å². The Morgan fingerprint density at radius 1 is 1.14 bits per heavy atom. The second-order valence-corrected chi connectivity index (χ2v) is 9.12. The SMILES string of the molecule is CC(C)(C)c1ccc(/C=C/C(=O)N(Cc2ccc(Cl)cc2)CC2CCCO2)cc1. The van der Waals surface area contributed by atoms with E-state index in [-0.39, 0.29) is 17.4 Å². The molecule has 2 aromatic carbocycles. The zero-order chi connectivity index (χ0) is 20.9. The molecule has 0 bridgehead atoms. The summed E-state index contributed by atoms with van der Waals surface area (Å²) in [5.74, 6) is -0.00431. The predicted molar refractivity (Wildman–Crippen MR) is 120 cm³/mol. The first kappa shape index (κ1) is 21.6. The molecule has 3 rings (SSSR count). The second-order valence-electron chi connectivity index (χ2n) is 8.69. The number of ether oxygens (including phenoxy) is 1. The molecule has 1 saturated heterocycles. The molecule has 4 heteroatoms. The molecule has 1 aliphatic heterocycles. The topological polar surface area (TPSA) is 29.5 Å². The highest BCUT2D eigenvalue weighted by Crippen LogP contribution is 2.22. The third-order valence-electron chi connectivity index (χ3n) is 5.24. The number of hydrogen-bond donors (Lipinski definition) is 0. The summed E-state index contributed by atoms with van der Waals surface area (Å²) in [6, 6.07) is 16.0. The van der Waals surface area contributed by atoms with E-state index < -0.39 is 0 Å². The minimum absolute atomic E-state index is 0.00431. The molecule has 3 nitrogen and oxygen atoms in total. The van der Waals surface area contributed by atoms with Gasteiger partial charge in [0.05, 0.1) is 6.10 Å². The summed E-state index contributed by atoms with van der Waals surface area (Å²) in [4.78, 5) is 14.8. The average molecular weight is 412 g/mol. The van der Waals surface area contributed by atoms with E-state index in [1.54, 1.807) is 6.08 Å². The lowest BCUT2D eigenvalue weighted by Gasteiger charge is -2.24. The van der Waals surface area contributed by atoms with Crippen molar-refractivity contribution in [3.8, 4) is 0 Å². The van der Waals surface area contributed by atoms with E-state index in [4.69, 9.17) is 16.3 Å². The number of rotatable bonds is 6. The maximum absolute atomic E-state index is 13.0. The molecule has 0 aliphatic carbocycles. The fraction of sp³-hybridized carbons (Fsp3) is 0.400. The summed E-state index contributed by atoms with van der Waals surface area (Å²) < 4.78 is 5.76. The van der Waals surface area contributed by atoms with Crippen LogP contribution in [0.4, 0.5) is 0 Å². The molecule has 1 atom stereocenters. The van der Waals surface area contributed by atoms with E-state index in [9.17, 15) is 4.79 Å². The van der Waals surface area contributed by atoms with Crippen molar-refractivity contribution in [1.82, 2.24) is 4.90 Å². The summed E-state index contributed by atoms with van der Waals surface area (Å²) in [5.41, 5.74) is 3.48. The number of carbonyl (C=O) groups is 1.